The van der Waals surface area contributed by atoms with E-state index in [1.165, 1.54) is 11.1 Å². The fraction of sp³-hybridized carbons (Fsp3) is 0.632. The third-order valence-corrected chi connectivity index (χ3v) is 5.50. The molecule has 0 spiro atoms. The number of benzene rings is 1. The number of amides is 1. The summed E-state index contributed by atoms with van der Waals surface area (Å²) in [6.07, 6.45) is 6.48. The predicted octanol–water partition coefficient (Wildman–Crippen LogP) is 3.71. The van der Waals surface area contributed by atoms with Crippen molar-refractivity contribution in [3.8, 4) is 0 Å². The SMILES string of the molecule is CCCN(C(=O)[C@@H]1CCC[C@@H]1CN)C1CCc2ccccc21.Cl. The van der Waals surface area contributed by atoms with Crippen LogP contribution >= 0.6 is 12.4 Å². The van der Waals surface area contributed by atoms with Crippen molar-refractivity contribution < 1.29 is 4.79 Å². The molecule has 2 aliphatic carbocycles. The standard InChI is InChI=1S/C19H28N2O.ClH/c1-2-12-21(19(22)17-9-5-7-15(17)13-20)18-11-10-14-6-3-4-8-16(14)18;/h3-4,6,8,15,17-18H,2,5,7,9-13,20H2,1H3;1H/t15-,17-,18?;/m1./s1. The van der Waals surface area contributed by atoms with E-state index in [0.717, 1.165) is 45.1 Å². The van der Waals surface area contributed by atoms with E-state index in [1.807, 2.05) is 0 Å². The number of halogens is 1. The summed E-state index contributed by atoms with van der Waals surface area (Å²) >= 11 is 0. The van der Waals surface area contributed by atoms with Gasteiger partial charge in [0, 0.05) is 12.5 Å². The minimum absolute atomic E-state index is 0. The lowest BCUT2D eigenvalue weighted by Gasteiger charge is -2.33. The van der Waals surface area contributed by atoms with E-state index in [1.54, 1.807) is 0 Å². The molecule has 4 heteroatoms. The van der Waals surface area contributed by atoms with Crippen LogP contribution in [0.4, 0.5) is 0 Å². The van der Waals surface area contributed by atoms with E-state index in [0.29, 0.717) is 18.4 Å². The Balaban J connectivity index is 0.00000192. The van der Waals surface area contributed by atoms with Gasteiger partial charge in [0.15, 0.2) is 0 Å². The zero-order chi connectivity index (χ0) is 15.5. The number of rotatable bonds is 5. The summed E-state index contributed by atoms with van der Waals surface area (Å²) in [6.45, 7) is 3.68. The Labute approximate surface area is 146 Å². The molecule has 3 atom stereocenters. The minimum atomic E-state index is 0. The van der Waals surface area contributed by atoms with Crippen LogP contribution in [0, 0.1) is 11.8 Å². The molecule has 3 rings (SSSR count). The van der Waals surface area contributed by atoms with E-state index < -0.39 is 0 Å². The second-order valence-electron chi connectivity index (χ2n) is 6.82. The minimum Gasteiger partial charge on any atom is -0.335 e. The topological polar surface area (TPSA) is 46.3 Å². The van der Waals surface area contributed by atoms with Crippen LogP contribution in [0.3, 0.4) is 0 Å². The van der Waals surface area contributed by atoms with Crippen LogP contribution in [0.2, 0.25) is 0 Å². The summed E-state index contributed by atoms with van der Waals surface area (Å²) < 4.78 is 0. The van der Waals surface area contributed by atoms with Crippen molar-refractivity contribution >= 4 is 18.3 Å². The van der Waals surface area contributed by atoms with E-state index in [9.17, 15) is 4.79 Å². The molecule has 0 bridgehead atoms. The summed E-state index contributed by atoms with van der Waals surface area (Å²) in [5, 5.41) is 0. The molecule has 2 N–H and O–H groups in total. The highest BCUT2D eigenvalue weighted by Gasteiger charge is 2.38. The van der Waals surface area contributed by atoms with Gasteiger partial charge in [0.25, 0.3) is 0 Å². The first-order chi connectivity index (χ1) is 10.8. The molecular formula is C19H29ClN2O. The highest BCUT2D eigenvalue weighted by atomic mass is 35.5. The van der Waals surface area contributed by atoms with Crippen LogP contribution in [0.1, 0.15) is 56.2 Å². The Hall–Kier alpha value is -1.06. The second kappa shape index (κ2) is 8.16. The van der Waals surface area contributed by atoms with Gasteiger partial charge < -0.3 is 10.6 Å². The number of carbonyl (C=O) groups excluding carboxylic acids is 1. The molecule has 0 aromatic heterocycles. The summed E-state index contributed by atoms with van der Waals surface area (Å²) in [4.78, 5) is 15.3. The maximum absolute atomic E-state index is 13.2. The van der Waals surface area contributed by atoms with E-state index in [2.05, 4.69) is 36.1 Å². The van der Waals surface area contributed by atoms with Crippen molar-refractivity contribution in [1.29, 1.82) is 0 Å². The lowest BCUT2D eigenvalue weighted by molar-refractivity contribution is -0.139. The third kappa shape index (κ3) is 3.56. The first kappa shape index (κ1) is 18.3. The Kier molecular flexibility index (Phi) is 6.49. The van der Waals surface area contributed by atoms with Crippen molar-refractivity contribution in [2.24, 2.45) is 17.6 Å². The Bertz CT molecular complexity index is 534. The lowest BCUT2D eigenvalue weighted by atomic mass is 9.93. The Morgan fingerprint density at radius 2 is 2.04 bits per heavy atom. The van der Waals surface area contributed by atoms with Gasteiger partial charge in [-0.05, 0) is 55.7 Å². The van der Waals surface area contributed by atoms with Crippen LogP contribution < -0.4 is 5.73 Å². The number of aryl methyl sites for hydroxylation is 1. The maximum Gasteiger partial charge on any atom is 0.226 e. The van der Waals surface area contributed by atoms with Gasteiger partial charge in [0.2, 0.25) is 5.91 Å². The maximum atomic E-state index is 13.2. The summed E-state index contributed by atoms with van der Waals surface area (Å²) in [7, 11) is 0. The molecule has 0 radical (unpaired) electrons. The van der Waals surface area contributed by atoms with Crippen molar-refractivity contribution in [1.82, 2.24) is 4.90 Å². The quantitative estimate of drug-likeness (QED) is 0.891. The van der Waals surface area contributed by atoms with Crippen LogP contribution in [0.25, 0.3) is 0 Å². The van der Waals surface area contributed by atoms with E-state index in [4.69, 9.17) is 5.73 Å². The number of hydrogen-bond donors (Lipinski definition) is 1. The predicted molar refractivity (Wildman–Crippen MR) is 96.6 cm³/mol. The normalized spacial score (nSPS) is 25.7. The van der Waals surface area contributed by atoms with Crippen molar-refractivity contribution in [3.05, 3.63) is 35.4 Å². The summed E-state index contributed by atoms with van der Waals surface area (Å²) in [5.74, 6) is 0.907. The first-order valence-corrected chi connectivity index (χ1v) is 8.84. The fourth-order valence-electron chi connectivity index (χ4n) is 4.38. The molecule has 3 nitrogen and oxygen atoms in total. The molecule has 23 heavy (non-hydrogen) atoms. The molecule has 1 aromatic rings. The van der Waals surface area contributed by atoms with Gasteiger partial charge in [-0.15, -0.1) is 12.4 Å². The van der Waals surface area contributed by atoms with E-state index >= 15 is 0 Å². The van der Waals surface area contributed by atoms with Gasteiger partial charge in [-0.1, -0.05) is 37.6 Å². The molecule has 0 heterocycles. The zero-order valence-electron chi connectivity index (χ0n) is 14.0. The van der Waals surface area contributed by atoms with Gasteiger partial charge in [-0.25, -0.2) is 0 Å². The van der Waals surface area contributed by atoms with Gasteiger partial charge in [-0.2, -0.15) is 0 Å². The molecule has 128 valence electrons. The summed E-state index contributed by atoms with van der Waals surface area (Å²) in [6, 6.07) is 8.90. The highest BCUT2D eigenvalue weighted by Crippen LogP contribution is 2.39. The lowest BCUT2D eigenvalue weighted by Crippen LogP contribution is -2.41. The largest absolute Gasteiger partial charge is 0.335 e. The van der Waals surface area contributed by atoms with Crippen LogP contribution in [-0.4, -0.2) is 23.9 Å². The molecule has 1 amide bonds. The van der Waals surface area contributed by atoms with Crippen molar-refractivity contribution in [2.75, 3.05) is 13.1 Å². The molecule has 1 aromatic carbocycles. The number of carbonyl (C=O) groups is 1. The van der Waals surface area contributed by atoms with Crippen molar-refractivity contribution in [2.45, 2.75) is 51.5 Å². The highest BCUT2D eigenvalue weighted by molar-refractivity contribution is 5.85. The Morgan fingerprint density at radius 3 is 2.78 bits per heavy atom. The van der Waals surface area contributed by atoms with Gasteiger partial charge in [0.1, 0.15) is 0 Å². The molecule has 0 saturated heterocycles. The summed E-state index contributed by atoms with van der Waals surface area (Å²) in [5.41, 5.74) is 8.68. The molecular weight excluding hydrogens is 308 g/mol. The number of nitrogens with zero attached hydrogens (tertiary/aromatic N) is 1. The van der Waals surface area contributed by atoms with Crippen LogP contribution in [0.15, 0.2) is 24.3 Å². The first-order valence-electron chi connectivity index (χ1n) is 8.84. The van der Waals surface area contributed by atoms with Gasteiger partial charge in [0.05, 0.1) is 6.04 Å². The third-order valence-electron chi connectivity index (χ3n) is 5.50. The average molecular weight is 337 g/mol. The number of hydrogen-bond acceptors (Lipinski definition) is 2. The van der Waals surface area contributed by atoms with Crippen LogP contribution in [0.5, 0.6) is 0 Å². The molecule has 1 fully saturated rings. The molecule has 1 saturated carbocycles. The average Bonchev–Trinajstić information content (AvgIpc) is 3.18. The number of nitrogens with two attached hydrogens (primary N) is 1. The fourth-order valence-corrected chi connectivity index (χ4v) is 4.38. The van der Waals surface area contributed by atoms with Crippen molar-refractivity contribution in [3.63, 3.8) is 0 Å². The monoisotopic (exact) mass is 336 g/mol. The number of fused-ring (bicyclic) bond motifs is 1. The van der Waals surface area contributed by atoms with Crippen LogP contribution in [-0.2, 0) is 11.2 Å². The zero-order valence-corrected chi connectivity index (χ0v) is 14.9. The smallest absolute Gasteiger partial charge is 0.226 e. The Morgan fingerprint density at radius 1 is 1.26 bits per heavy atom. The van der Waals surface area contributed by atoms with Gasteiger partial charge in [-0.3, -0.25) is 4.79 Å². The molecule has 2 aliphatic rings. The molecule has 1 unspecified atom stereocenters. The second-order valence-corrected chi connectivity index (χ2v) is 6.82. The molecule has 0 aliphatic heterocycles. The van der Waals surface area contributed by atoms with E-state index in [-0.39, 0.29) is 24.4 Å². The van der Waals surface area contributed by atoms with Gasteiger partial charge >= 0.3 is 0 Å².